The number of nitrogens with zero attached hydrogens (tertiary/aromatic N) is 2. The lowest BCUT2D eigenvalue weighted by Gasteiger charge is -2.25. The maximum absolute atomic E-state index is 4.15. The third kappa shape index (κ3) is 2.15. The molecule has 1 N–H and O–H groups in total. The van der Waals surface area contributed by atoms with Gasteiger partial charge in [-0.25, -0.2) is 4.98 Å². The van der Waals surface area contributed by atoms with Gasteiger partial charge in [-0.15, -0.1) is 0 Å². The summed E-state index contributed by atoms with van der Waals surface area (Å²) in [6.07, 6.45) is 8.12. The van der Waals surface area contributed by atoms with Crippen molar-refractivity contribution >= 4 is 0 Å². The van der Waals surface area contributed by atoms with Crippen LogP contribution in [0.4, 0.5) is 0 Å². The molecule has 0 bridgehead atoms. The summed E-state index contributed by atoms with van der Waals surface area (Å²) >= 11 is 0. The Morgan fingerprint density at radius 1 is 1.57 bits per heavy atom. The van der Waals surface area contributed by atoms with E-state index in [1.54, 1.807) is 0 Å². The molecule has 0 atom stereocenters. The minimum Gasteiger partial charge on any atom is -0.334 e. The highest BCUT2D eigenvalue weighted by Gasteiger charge is 2.16. The summed E-state index contributed by atoms with van der Waals surface area (Å²) in [4.78, 5) is 4.15. The first-order chi connectivity index (χ1) is 6.90. The van der Waals surface area contributed by atoms with E-state index in [1.165, 1.54) is 31.5 Å². The maximum atomic E-state index is 4.15. The Labute approximate surface area is 85.5 Å². The summed E-state index contributed by atoms with van der Waals surface area (Å²) in [7, 11) is 0. The Morgan fingerprint density at radius 3 is 3.07 bits per heavy atom. The Morgan fingerprint density at radius 2 is 2.43 bits per heavy atom. The molecule has 0 saturated heterocycles. The van der Waals surface area contributed by atoms with E-state index in [2.05, 4.69) is 21.8 Å². The minimum absolute atomic E-state index is 0.938. The molecule has 1 fully saturated rings. The van der Waals surface area contributed by atoms with E-state index in [0.717, 1.165) is 19.0 Å². The molecule has 1 aromatic heterocycles. The van der Waals surface area contributed by atoms with Gasteiger partial charge in [0.15, 0.2) is 0 Å². The molecule has 0 aromatic carbocycles. The lowest BCUT2D eigenvalue weighted by Crippen LogP contribution is -2.27. The quantitative estimate of drug-likeness (QED) is 0.772. The largest absolute Gasteiger partial charge is 0.334 e. The fourth-order valence-corrected chi connectivity index (χ4v) is 1.88. The molecule has 0 spiro atoms. The molecule has 1 aliphatic carbocycles. The van der Waals surface area contributed by atoms with Crippen molar-refractivity contribution < 1.29 is 0 Å². The van der Waals surface area contributed by atoms with Crippen molar-refractivity contribution in [1.29, 1.82) is 0 Å². The van der Waals surface area contributed by atoms with Gasteiger partial charge < -0.3 is 9.88 Å². The van der Waals surface area contributed by atoms with E-state index in [4.69, 9.17) is 0 Å². The van der Waals surface area contributed by atoms with E-state index >= 15 is 0 Å². The number of aryl methyl sites for hydroxylation is 1. The predicted molar refractivity (Wildman–Crippen MR) is 56.9 cm³/mol. The molecule has 0 amide bonds. The molecule has 0 aliphatic heterocycles. The number of aromatic nitrogens is 2. The van der Waals surface area contributed by atoms with Gasteiger partial charge in [-0.3, -0.25) is 0 Å². The van der Waals surface area contributed by atoms with Crippen molar-refractivity contribution in [3.63, 3.8) is 0 Å². The second kappa shape index (κ2) is 4.60. The molecule has 1 heterocycles. The summed E-state index contributed by atoms with van der Waals surface area (Å²) < 4.78 is 2.19. The molecule has 1 saturated carbocycles. The van der Waals surface area contributed by atoms with Crippen molar-refractivity contribution in [2.45, 2.75) is 39.3 Å². The van der Waals surface area contributed by atoms with Crippen molar-refractivity contribution in [2.75, 3.05) is 6.54 Å². The number of hydrogen-bond donors (Lipinski definition) is 1. The maximum Gasteiger partial charge on any atom is 0.0948 e. The third-order valence-corrected chi connectivity index (χ3v) is 3.10. The van der Waals surface area contributed by atoms with Crippen LogP contribution in [-0.4, -0.2) is 16.1 Å². The Kier molecular flexibility index (Phi) is 3.19. The van der Waals surface area contributed by atoms with Gasteiger partial charge in [-0.05, 0) is 32.2 Å². The van der Waals surface area contributed by atoms with Crippen LogP contribution in [-0.2, 0) is 13.1 Å². The van der Waals surface area contributed by atoms with Gasteiger partial charge in [-0.2, -0.15) is 0 Å². The molecule has 1 aliphatic rings. The van der Waals surface area contributed by atoms with E-state index in [0.29, 0.717) is 0 Å². The summed E-state index contributed by atoms with van der Waals surface area (Å²) in [5.41, 5.74) is 1.30. The Bertz CT molecular complexity index is 276. The topological polar surface area (TPSA) is 29.9 Å². The van der Waals surface area contributed by atoms with Crippen molar-refractivity contribution in [3.8, 4) is 0 Å². The monoisotopic (exact) mass is 193 g/mol. The van der Waals surface area contributed by atoms with Gasteiger partial charge in [0, 0.05) is 19.3 Å². The average Bonchev–Trinajstić information content (AvgIpc) is 2.56. The van der Waals surface area contributed by atoms with Crippen LogP contribution < -0.4 is 5.32 Å². The normalized spacial score (nSPS) is 16.9. The molecule has 0 unspecified atom stereocenters. The van der Waals surface area contributed by atoms with E-state index in [1.807, 2.05) is 12.5 Å². The predicted octanol–water partition coefficient (Wildman–Crippen LogP) is 1.79. The summed E-state index contributed by atoms with van der Waals surface area (Å²) in [6, 6.07) is 0. The molecular weight excluding hydrogens is 174 g/mol. The zero-order valence-corrected chi connectivity index (χ0v) is 8.87. The van der Waals surface area contributed by atoms with Crippen LogP contribution >= 0.6 is 0 Å². The Hall–Kier alpha value is -0.830. The van der Waals surface area contributed by atoms with E-state index < -0.39 is 0 Å². The summed E-state index contributed by atoms with van der Waals surface area (Å²) in [5, 5.41) is 3.50. The molecule has 3 nitrogen and oxygen atoms in total. The second-order valence-corrected chi connectivity index (χ2v) is 4.10. The van der Waals surface area contributed by atoms with Gasteiger partial charge in [0.1, 0.15) is 0 Å². The Balaban J connectivity index is 1.73. The molecular formula is C11H19N3. The first-order valence-electron chi connectivity index (χ1n) is 5.60. The highest BCUT2D eigenvalue weighted by molar-refractivity contribution is 4.97. The number of nitrogens with one attached hydrogen (secondary N) is 1. The lowest BCUT2D eigenvalue weighted by atomic mass is 9.85. The summed E-state index contributed by atoms with van der Waals surface area (Å²) in [6.45, 7) is 5.30. The van der Waals surface area contributed by atoms with Crippen LogP contribution in [0.3, 0.4) is 0 Å². The van der Waals surface area contributed by atoms with Crippen LogP contribution in [0.5, 0.6) is 0 Å². The first-order valence-corrected chi connectivity index (χ1v) is 5.60. The average molecular weight is 193 g/mol. The lowest BCUT2D eigenvalue weighted by molar-refractivity contribution is 0.300. The van der Waals surface area contributed by atoms with Crippen LogP contribution in [0.1, 0.15) is 31.9 Å². The summed E-state index contributed by atoms with van der Waals surface area (Å²) in [5.74, 6) is 0.938. The standard InChI is InChI=1S/C11H19N3/c1-2-14-9-13-8-11(14)7-12-6-10-4-3-5-10/h8-10,12H,2-7H2,1H3. The highest BCUT2D eigenvalue weighted by Crippen LogP contribution is 2.25. The van der Waals surface area contributed by atoms with E-state index in [9.17, 15) is 0 Å². The molecule has 3 heteroatoms. The smallest absolute Gasteiger partial charge is 0.0948 e. The van der Waals surface area contributed by atoms with Gasteiger partial charge in [0.25, 0.3) is 0 Å². The fourth-order valence-electron chi connectivity index (χ4n) is 1.88. The number of hydrogen-bond acceptors (Lipinski definition) is 2. The van der Waals surface area contributed by atoms with Crippen molar-refractivity contribution in [3.05, 3.63) is 18.2 Å². The van der Waals surface area contributed by atoms with Crippen molar-refractivity contribution in [2.24, 2.45) is 5.92 Å². The first kappa shape index (κ1) is 9.71. The zero-order valence-electron chi connectivity index (χ0n) is 8.87. The van der Waals surface area contributed by atoms with E-state index in [-0.39, 0.29) is 0 Å². The van der Waals surface area contributed by atoms with Crippen LogP contribution in [0.2, 0.25) is 0 Å². The SMILES string of the molecule is CCn1cncc1CNCC1CCC1. The number of imidazole rings is 1. The van der Waals surface area contributed by atoms with Crippen LogP contribution in [0, 0.1) is 5.92 Å². The fraction of sp³-hybridized carbons (Fsp3) is 0.727. The number of rotatable bonds is 5. The van der Waals surface area contributed by atoms with Crippen LogP contribution in [0.25, 0.3) is 0 Å². The third-order valence-electron chi connectivity index (χ3n) is 3.10. The minimum atomic E-state index is 0.938. The van der Waals surface area contributed by atoms with Gasteiger partial charge in [0.2, 0.25) is 0 Å². The zero-order chi connectivity index (χ0) is 9.80. The molecule has 0 radical (unpaired) electrons. The van der Waals surface area contributed by atoms with Crippen LogP contribution in [0.15, 0.2) is 12.5 Å². The van der Waals surface area contributed by atoms with Gasteiger partial charge in [0.05, 0.1) is 12.0 Å². The molecule has 1 aromatic rings. The van der Waals surface area contributed by atoms with Crippen molar-refractivity contribution in [1.82, 2.24) is 14.9 Å². The molecule has 78 valence electrons. The van der Waals surface area contributed by atoms with Gasteiger partial charge in [-0.1, -0.05) is 6.42 Å². The second-order valence-electron chi connectivity index (χ2n) is 4.10. The molecule has 14 heavy (non-hydrogen) atoms. The highest BCUT2D eigenvalue weighted by atomic mass is 15.1. The van der Waals surface area contributed by atoms with Gasteiger partial charge >= 0.3 is 0 Å². The molecule has 2 rings (SSSR count).